The van der Waals surface area contributed by atoms with Gasteiger partial charge >= 0.3 is 0 Å². The molecule has 1 fully saturated rings. The van der Waals surface area contributed by atoms with Gasteiger partial charge in [-0.3, -0.25) is 0 Å². The third-order valence-electron chi connectivity index (χ3n) is 5.35. The molecule has 1 aromatic rings. The maximum atomic E-state index is 4.70. The Bertz CT molecular complexity index is 674. The van der Waals surface area contributed by atoms with Crippen LogP contribution in [0.15, 0.2) is 27.6 Å². The van der Waals surface area contributed by atoms with Crippen LogP contribution in [0.1, 0.15) is 49.5 Å². The first kappa shape index (κ1) is 15.7. The Hall–Kier alpha value is -1.82. The van der Waals surface area contributed by atoms with E-state index in [1.54, 1.807) is 0 Å². The van der Waals surface area contributed by atoms with Crippen LogP contribution in [0.3, 0.4) is 0 Å². The monoisotopic (exact) mass is 326 g/mol. The summed E-state index contributed by atoms with van der Waals surface area (Å²) in [5.74, 6) is 2.36. The van der Waals surface area contributed by atoms with Crippen LogP contribution in [0.2, 0.25) is 0 Å². The van der Waals surface area contributed by atoms with Crippen LogP contribution in [-0.2, 0) is 0 Å². The molecule has 0 radical (unpaired) electrons. The standard InChI is InChI=1S/C18H26N6/c1-12-20-16(13-5-4-8-19-10-13)9-18(21-12)24(2)11-17-14-6-3-7-15(14)22-23-17/h9,13,17,19H,3-8,10-11H2,1-2H3. The van der Waals surface area contributed by atoms with Crippen LogP contribution >= 0.6 is 0 Å². The Morgan fingerprint density at radius 3 is 3.00 bits per heavy atom. The average molecular weight is 326 g/mol. The molecular weight excluding hydrogens is 300 g/mol. The highest BCUT2D eigenvalue weighted by molar-refractivity contribution is 5.41. The number of azo groups is 1. The van der Waals surface area contributed by atoms with Crippen molar-refractivity contribution in [1.82, 2.24) is 15.3 Å². The third-order valence-corrected chi connectivity index (χ3v) is 5.35. The smallest absolute Gasteiger partial charge is 0.132 e. The second-order valence-corrected chi connectivity index (χ2v) is 7.18. The minimum atomic E-state index is 0.211. The second kappa shape index (κ2) is 6.59. The summed E-state index contributed by atoms with van der Waals surface area (Å²) in [5.41, 5.74) is 3.86. The topological polar surface area (TPSA) is 65.8 Å². The van der Waals surface area contributed by atoms with Crippen molar-refractivity contribution in [2.24, 2.45) is 10.2 Å². The van der Waals surface area contributed by atoms with E-state index in [4.69, 9.17) is 4.98 Å². The van der Waals surface area contributed by atoms with Gasteiger partial charge in [-0.25, -0.2) is 9.97 Å². The SMILES string of the molecule is Cc1nc(C2CCCNC2)cc(N(C)CC2N=NC3=C2CCC3)n1. The van der Waals surface area contributed by atoms with E-state index in [0.717, 1.165) is 44.1 Å². The first-order valence-electron chi connectivity index (χ1n) is 9.11. The van der Waals surface area contributed by atoms with Crippen molar-refractivity contribution in [3.05, 3.63) is 28.9 Å². The highest BCUT2D eigenvalue weighted by atomic mass is 15.2. The number of likely N-dealkylation sites (N-methyl/N-ethyl adjacent to an activating group) is 1. The summed E-state index contributed by atoms with van der Waals surface area (Å²) in [6.07, 6.45) is 5.92. The summed E-state index contributed by atoms with van der Waals surface area (Å²) in [7, 11) is 2.10. The number of nitrogens with zero attached hydrogens (tertiary/aromatic N) is 5. The van der Waals surface area contributed by atoms with Gasteiger partial charge in [-0.05, 0) is 51.1 Å². The number of piperidine rings is 1. The Balaban J connectivity index is 1.50. The molecule has 0 bridgehead atoms. The molecule has 3 aliphatic rings. The van der Waals surface area contributed by atoms with Gasteiger partial charge in [0.2, 0.25) is 0 Å². The largest absolute Gasteiger partial charge is 0.357 e. The van der Waals surface area contributed by atoms with E-state index in [2.05, 4.69) is 38.5 Å². The number of hydrogen-bond acceptors (Lipinski definition) is 6. The van der Waals surface area contributed by atoms with Crippen LogP contribution < -0.4 is 10.2 Å². The average Bonchev–Trinajstić information content (AvgIpc) is 3.20. The Labute approximate surface area is 143 Å². The fraction of sp³-hybridized carbons (Fsp3) is 0.667. The number of allylic oxidation sites excluding steroid dienone is 1. The number of aromatic nitrogens is 2. The molecule has 4 rings (SSSR count). The van der Waals surface area contributed by atoms with Gasteiger partial charge in [0.15, 0.2) is 0 Å². The fourth-order valence-corrected chi connectivity index (χ4v) is 4.02. The zero-order valence-corrected chi connectivity index (χ0v) is 14.6. The maximum Gasteiger partial charge on any atom is 0.132 e. The molecule has 2 unspecified atom stereocenters. The summed E-state index contributed by atoms with van der Waals surface area (Å²) in [6, 6.07) is 2.38. The van der Waals surface area contributed by atoms with Crippen molar-refractivity contribution in [2.45, 2.75) is 51.0 Å². The van der Waals surface area contributed by atoms with Crippen LogP contribution in [0.25, 0.3) is 0 Å². The van der Waals surface area contributed by atoms with Crippen molar-refractivity contribution in [2.75, 3.05) is 31.6 Å². The summed E-state index contributed by atoms with van der Waals surface area (Å²) < 4.78 is 0. The molecule has 6 nitrogen and oxygen atoms in total. The first-order valence-corrected chi connectivity index (χ1v) is 9.11. The van der Waals surface area contributed by atoms with E-state index in [0.29, 0.717) is 5.92 Å². The quantitative estimate of drug-likeness (QED) is 0.924. The van der Waals surface area contributed by atoms with Gasteiger partial charge in [-0.2, -0.15) is 10.2 Å². The highest BCUT2D eigenvalue weighted by Gasteiger charge is 2.29. The molecule has 0 aromatic carbocycles. The minimum Gasteiger partial charge on any atom is -0.357 e. The Morgan fingerprint density at radius 1 is 1.25 bits per heavy atom. The molecular formula is C18H26N6. The molecule has 3 heterocycles. The molecule has 1 aromatic heterocycles. The molecule has 0 saturated carbocycles. The molecule has 0 amide bonds. The van der Waals surface area contributed by atoms with E-state index in [-0.39, 0.29) is 6.04 Å². The second-order valence-electron chi connectivity index (χ2n) is 7.18. The van der Waals surface area contributed by atoms with E-state index in [1.807, 2.05) is 6.92 Å². The van der Waals surface area contributed by atoms with Gasteiger partial charge in [0, 0.05) is 32.1 Å². The molecule has 2 aliphatic heterocycles. The molecule has 1 aliphatic carbocycles. The molecule has 6 heteroatoms. The normalized spacial score (nSPS) is 26.1. The molecule has 128 valence electrons. The zero-order chi connectivity index (χ0) is 16.5. The molecule has 1 saturated heterocycles. The third kappa shape index (κ3) is 3.07. The lowest BCUT2D eigenvalue weighted by Gasteiger charge is -2.25. The lowest BCUT2D eigenvalue weighted by molar-refractivity contribution is 0.453. The summed E-state index contributed by atoms with van der Waals surface area (Å²) in [4.78, 5) is 11.6. The van der Waals surface area contributed by atoms with Crippen LogP contribution in [0.4, 0.5) is 5.82 Å². The Kier molecular flexibility index (Phi) is 4.31. The van der Waals surface area contributed by atoms with Crippen LogP contribution in [0, 0.1) is 6.92 Å². The predicted octanol–water partition coefficient (Wildman–Crippen LogP) is 2.96. The Morgan fingerprint density at radius 2 is 2.17 bits per heavy atom. The van der Waals surface area contributed by atoms with Crippen LogP contribution in [0.5, 0.6) is 0 Å². The first-order chi connectivity index (χ1) is 11.7. The van der Waals surface area contributed by atoms with Crippen molar-refractivity contribution in [1.29, 1.82) is 0 Å². The molecule has 2 atom stereocenters. The van der Waals surface area contributed by atoms with Crippen molar-refractivity contribution < 1.29 is 0 Å². The van der Waals surface area contributed by atoms with Gasteiger partial charge in [0.05, 0.1) is 11.4 Å². The van der Waals surface area contributed by atoms with Gasteiger partial charge in [0.1, 0.15) is 17.7 Å². The van der Waals surface area contributed by atoms with Gasteiger partial charge < -0.3 is 10.2 Å². The van der Waals surface area contributed by atoms with Crippen molar-refractivity contribution >= 4 is 5.82 Å². The number of rotatable bonds is 4. The van der Waals surface area contributed by atoms with E-state index >= 15 is 0 Å². The summed E-state index contributed by atoms with van der Waals surface area (Å²) >= 11 is 0. The van der Waals surface area contributed by atoms with Gasteiger partial charge in [0.25, 0.3) is 0 Å². The highest BCUT2D eigenvalue weighted by Crippen LogP contribution is 2.36. The minimum absolute atomic E-state index is 0.211. The van der Waals surface area contributed by atoms with E-state index in [9.17, 15) is 0 Å². The van der Waals surface area contributed by atoms with Gasteiger partial charge in [-0.1, -0.05) is 0 Å². The van der Waals surface area contributed by atoms with E-state index in [1.165, 1.54) is 36.2 Å². The summed E-state index contributed by atoms with van der Waals surface area (Å²) in [6.45, 7) is 4.98. The van der Waals surface area contributed by atoms with Crippen molar-refractivity contribution in [3.63, 3.8) is 0 Å². The number of aryl methyl sites for hydroxylation is 1. The lowest BCUT2D eigenvalue weighted by Crippen LogP contribution is -2.31. The van der Waals surface area contributed by atoms with E-state index < -0.39 is 0 Å². The molecule has 1 N–H and O–H groups in total. The molecule has 0 spiro atoms. The summed E-state index contributed by atoms with van der Waals surface area (Å²) in [5, 5.41) is 12.3. The number of nitrogens with one attached hydrogen (secondary N) is 1. The fourth-order valence-electron chi connectivity index (χ4n) is 4.02. The molecule has 24 heavy (non-hydrogen) atoms. The maximum absolute atomic E-state index is 4.70. The predicted molar refractivity (Wildman–Crippen MR) is 94.4 cm³/mol. The number of anilines is 1. The zero-order valence-electron chi connectivity index (χ0n) is 14.6. The van der Waals surface area contributed by atoms with Crippen molar-refractivity contribution in [3.8, 4) is 0 Å². The number of hydrogen-bond donors (Lipinski definition) is 1. The lowest BCUT2D eigenvalue weighted by atomic mass is 9.96. The van der Waals surface area contributed by atoms with Gasteiger partial charge in [-0.15, -0.1) is 0 Å². The van der Waals surface area contributed by atoms with Crippen LogP contribution in [-0.4, -0.2) is 42.7 Å².